The van der Waals surface area contributed by atoms with Crippen molar-refractivity contribution < 1.29 is 13.2 Å². The van der Waals surface area contributed by atoms with E-state index in [1.165, 1.54) is 19.2 Å². The summed E-state index contributed by atoms with van der Waals surface area (Å²) in [6, 6.07) is 7.79. The molecule has 0 unspecified atom stereocenters. The van der Waals surface area contributed by atoms with Gasteiger partial charge in [-0.15, -0.1) is 0 Å². The van der Waals surface area contributed by atoms with E-state index in [9.17, 15) is 8.42 Å². The third-order valence-corrected chi connectivity index (χ3v) is 4.56. The maximum absolute atomic E-state index is 12.1. The van der Waals surface area contributed by atoms with Gasteiger partial charge in [0.05, 0.1) is 12.0 Å². The van der Waals surface area contributed by atoms with E-state index in [-0.39, 0.29) is 11.4 Å². The van der Waals surface area contributed by atoms with Gasteiger partial charge in [0.2, 0.25) is 16.0 Å². The Kier molecular flexibility index (Phi) is 5.75. The maximum atomic E-state index is 12.1. The van der Waals surface area contributed by atoms with Gasteiger partial charge < -0.3 is 10.1 Å². The maximum Gasteiger partial charge on any atom is 0.240 e. The molecule has 2 rings (SSSR count). The molecule has 0 saturated heterocycles. The Labute approximate surface area is 140 Å². The Hall–Kier alpha value is -1.90. The third kappa shape index (κ3) is 5.05. The molecule has 0 atom stereocenters. The first-order chi connectivity index (χ1) is 10.9. The average molecular weight is 357 g/mol. The monoisotopic (exact) mass is 356 g/mol. The molecule has 1 heterocycles. The second-order valence-electron chi connectivity index (χ2n) is 4.66. The topological polar surface area (TPSA) is 93.2 Å². The molecule has 1 aromatic heterocycles. The van der Waals surface area contributed by atoms with Crippen LogP contribution in [-0.2, 0) is 10.0 Å². The van der Waals surface area contributed by atoms with Gasteiger partial charge in [0.25, 0.3) is 0 Å². The highest BCUT2D eigenvalue weighted by atomic mass is 35.5. The SMILES string of the molecule is COc1ccc(S(=O)(=O)NCCNc2nc(C)cc(Cl)n2)cc1. The van der Waals surface area contributed by atoms with E-state index < -0.39 is 10.0 Å². The molecule has 2 aromatic rings. The number of rotatable bonds is 7. The van der Waals surface area contributed by atoms with E-state index in [2.05, 4.69) is 20.0 Å². The largest absolute Gasteiger partial charge is 0.497 e. The van der Waals surface area contributed by atoms with E-state index in [0.29, 0.717) is 23.4 Å². The van der Waals surface area contributed by atoms with Crippen LogP contribution in [0.1, 0.15) is 5.69 Å². The van der Waals surface area contributed by atoms with Crippen molar-refractivity contribution in [2.45, 2.75) is 11.8 Å². The second kappa shape index (κ2) is 7.58. The summed E-state index contributed by atoms with van der Waals surface area (Å²) in [7, 11) is -2.05. The van der Waals surface area contributed by atoms with Crippen LogP contribution in [0.5, 0.6) is 5.75 Å². The zero-order chi connectivity index (χ0) is 16.9. The zero-order valence-electron chi connectivity index (χ0n) is 12.7. The molecule has 0 spiro atoms. The van der Waals surface area contributed by atoms with Crippen molar-refractivity contribution in [3.8, 4) is 5.75 Å². The normalized spacial score (nSPS) is 11.3. The Bertz CT molecular complexity index is 746. The van der Waals surface area contributed by atoms with Gasteiger partial charge in [-0.3, -0.25) is 0 Å². The Morgan fingerprint density at radius 1 is 1.17 bits per heavy atom. The number of methoxy groups -OCH3 is 1. The standard InChI is InChI=1S/C14H17ClN4O3S/c1-10-9-13(15)19-14(18-10)16-7-8-17-23(20,21)12-5-3-11(22-2)4-6-12/h3-6,9,17H,7-8H2,1-2H3,(H,16,18,19). The van der Waals surface area contributed by atoms with Gasteiger partial charge in [-0.1, -0.05) is 11.6 Å². The van der Waals surface area contributed by atoms with Gasteiger partial charge in [-0.25, -0.2) is 23.1 Å². The molecule has 0 fully saturated rings. The van der Waals surface area contributed by atoms with E-state index in [0.717, 1.165) is 5.69 Å². The molecule has 9 heteroatoms. The number of nitrogens with zero attached hydrogens (tertiary/aromatic N) is 2. The van der Waals surface area contributed by atoms with Crippen molar-refractivity contribution in [3.63, 3.8) is 0 Å². The molecule has 124 valence electrons. The minimum Gasteiger partial charge on any atom is -0.497 e. The molecule has 7 nitrogen and oxygen atoms in total. The molecule has 0 aliphatic heterocycles. The fourth-order valence-electron chi connectivity index (χ4n) is 1.81. The summed E-state index contributed by atoms with van der Waals surface area (Å²) in [5, 5.41) is 3.25. The quantitative estimate of drug-likeness (QED) is 0.580. The molecule has 0 saturated carbocycles. The predicted molar refractivity (Wildman–Crippen MR) is 88.5 cm³/mol. The number of halogens is 1. The molecule has 23 heavy (non-hydrogen) atoms. The highest BCUT2D eigenvalue weighted by Crippen LogP contribution is 2.15. The molecule has 0 amide bonds. The van der Waals surface area contributed by atoms with Crippen LogP contribution in [0.2, 0.25) is 5.15 Å². The molecular weight excluding hydrogens is 340 g/mol. The average Bonchev–Trinajstić information content (AvgIpc) is 2.51. The summed E-state index contributed by atoms with van der Waals surface area (Å²) in [6.45, 7) is 2.31. The van der Waals surface area contributed by atoms with Crippen LogP contribution in [0, 0.1) is 6.92 Å². The molecule has 1 aromatic carbocycles. The Morgan fingerprint density at radius 3 is 2.48 bits per heavy atom. The number of sulfonamides is 1. The van der Waals surface area contributed by atoms with Crippen molar-refractivity contribution in [2.24, 2.45) is 0 Å². The summed E-state index contributed by atoms with van der Waals surface area (Å²) in [6.07, 6.45) is 0. The van der Waals surface area contributed by atoms with E-state index in [4.69, 9.17) is 16.3 Å². The number of aromatic nitrogens is 2. The fraction of sp³-hybridized carbons (Fsp3) is 0.286. The van der Waals surface area contributed by atoms with Gasteiger partial charge in [0.1, 0.15) is 10.9 Å². The molecule has 0 aliphatic rings. The van der Waals surface area contributed by atoms with Crippen molar-refractivity contribution in [1.82, 2.24) is 14.7 Å². The van der Waals surface area contributed by atoms with Gasteiger partial charge in [0, 0.05) is 18.8 Å². The molecule has 2 N–H and O–H groups in total. The van der Waals surface area contributed by atoms with Crippen molar-refractivity contribution in [3.05, 3.63) is 41.2 Å². The summed E-state index contributed by atoms with van der Waals surface area (Å²) in [4.78, 5) is 8.32. The number of ether oxygens (including phenoxy) is 1. The number of benzene rings is 1. The minimum atomic E-state index is -3.57. The lowest BCUT2D eigenvalue weighted by Crippen LogP contribution is -2.29. The molecule has 0 radical (unpaired) electrons. The van der Waals surface area contributed by atoms with Crippen LogP contribution in [0.3, 0.4) is 0 Å². The van der Waals surface area contributed by atoms with Crippen LogP contribution in [0.15, 0.2) is 35.2 Å². The van der Waals surface area contributed by atoms with E-state index in [1.54, 1.807) is 25.1 Å². The van der Waals surface area contributed by atoms with Crippen molar-refractivity contribution in [1.29, 1.82) is 0 Å². The van der Waals surface area contributed by atoms with Gasteiger partial charge >= 0.3 is 0 Å². The van der Waals surface area contributed by atoms with Crippen LogP contribution in [0.4, 0.5) is 5.95 Å². The van der Waals surface area contributed by atoms with Crippen LogP contribution in [0.25, 0.3) is 0 Å². The highest BCUT2D eigenvalue weighted by molar-refractivity contribution is 7.89. The first kappa shape index (κ1) is 17.5. The predicted octanol–water partition coefficient (Wildman–Crippen LogP) is 1.84. The minimum absolute atomic E-state index is 0.174. The highest BCUT2D eigenvalue weighted by Gasteiger charge is 2.13. The fourth-order valence-corrected chi connectivity index (χ4v) is 3.08. The van der Waals surface area contributed by atoms with E-state index >= 15 is 0 Å². The lowest BCUT2D eigenvalue weighted by molar-refractivity contribution is 0.414. The summed E-state index contributed by atoms with van der Waals surface area (Å²) in [5.74, 6) is 0.956. The molecular formula is C14H17ClN4O3S. The summed E-state index contributed by atoms with van der Waals surface area (Å²) >= 11 is 5.83. The lowest BCUT2D eigenvalue weighted by atomic mass is 10.3. The van der Waals surface area contributed by atoms with E-state index in [1.807, 2.05) is 0 Å². The summed E-state index contributed by atoms with van der Waals surface area (Å²) < 4.78 is 31.7. The van der Waals surface area contributed by atoms with Crippen LogP contribution >= 0.6 is 11.6 Å². The van der Waals surface area contributed by atoms with Crippen molar-refractivity contribution in [2.75, 3.05) is 25.5 Å². The number of hydrogen-bond donors (Lipinski definition) is 2. The third-order valence-electron chi connectivity index (χ3n) is 2.89. The number of nitrogens with one attached hydrogen (secondary N) is 2. The number of anilines is 1. The Balaban J connectivity index is 1.89. The molecule has 0 bridgehead atoms. The van der Waals surface area contributed by atoms with Gasteiger partial charge in [0.15, 0.2) is 0 Å². The smallest absolute Gasteiger partial charge is 0.240 e. The number of hydrogen-bond acceptors (Lipinski definition) is 6. The molecule has 0 aliphatic carbocycles. The van der Waals surface area contributed by atoms with Crippen LogP contribution in [-0.4, -0.2) is 38.6 Å². The van der Waals surface area contributed by atoms with Crippen LogP contribution < -0.4 is 14.8 Å². The number of aryl methyl sites for hydroxylation is 1. The summed E-state index contributed by atoms with van der Waals surface area (Å²) in [5.41, 5.74) is 0.728. The first-order valence-electron chi connectivity index (χ1n) is 6.79. The lowest BCUT2D eigenvalue weighted by Gasteiger charge is -2.09. The van der Waals surface area contributed by atoms with Gasteiger partial charge in [-0.05, 0) is 37.3 Å². The second-order valence-corrected chi connectivity index (χ2v) is 6.81. The van der Waals surface area contributed by atoms with Gasteiger partial charge in [-0.2, -0.15) is 0 Å². The zero-order valence-corrected chi connectivity index (χ0v) is 14.3. The Morgan fingerprint density at radius 2 is 1.87 bits per heavy atom. The van der Waals surface area contributed by atoms with Crippen molar-refractivity contribution >= 4 is 27.6 Å². The first-order valence-corrected chi connectivity index (χ1v) is 8.65.